The van der Waals surface area contributed by atoms with Gasteiger partial charge in [-0.1, -0.05) is 36.8 Å². The van der Waals surface area contributed by atoms with Crippen molar-refractivity contribution in [2.75, 3.05) is 19.6 Å². The molecule has 2 nitrogen and oxygen atoms in total. The molecule has 0 bridgehead atoms. The fourth-order valence-corrected chi connectivity index (χ4v) is 1.94. The van der Waals surface area contributed by atoms with Gasteiger partial charge in [-0.2, -0.15) is 0 Å². The van der Waals surface area contributed by atoms with Gasteiger partial charge in [-0.3, -0.25) is 0 Å². The molecule has 1 aromatic rings. The predicted octanol–water partition coefficient (Wildman–Crippen LogP) is 2.63. The Bertz CT molecular complexity index is 324. The molecule has 0 unspecified atom stereocenters. The Morgan fingerprint density at radius 3 is 2.24 bits per heavy atom. The molecule has 1 aromatic carbocycles. The molecule has 0 aliphatic heterocycles. The first-order valence-corrected chi connectivity index (χ1v) is 6.41. The van der Waals surface area contributed by atoms with Crippen molar-refractivity contribution >= 4 is 0 Å². The van der Waals surface area contributed by atoms with Crippen molar-refractivity contribution in [2.45, 2.75) is 39.7 Å². The number of rotatable bonds is 6. The third kappa shape index (κ3) is 5.85. The molecule has 0 heterocycles. The number of aliphatic hydroxyl groups is 1. The summed E-state index contributed by atoms with van der Waals surface area (Å²) in [6.07, 6.45) is 1.05. The summed E-state index contributed by atoms with van der Waals surface area (Å²) in [6.45, 7) is 10.7. The first-order valence-electron chi connectivity index (χ1n) is 6.41. The maximum atomic E-state index is 9.81. The first kappa shape index (κ1) is 14.2. The van der Waals surface area contributed by atoms with Crippen LogP contribution in [-0.2, 0) is 6.42 Å². The third-order valence-corrected chi connectivity index (χ3v) is 2.90. The smallest absolute Gasteiger partial charge is 0.0718 e. The summed E-state index contributed by atoms with van der Waals surface area (Å²) in [4.78, 5) is 2.29. The lowest BCUT2D eigenvalue weighted by molar-refractivity contribution is 0.0382. The molecule has 0 radical (unpaired) electrons. The Kier molecular flexibility index (Phi) is 5.16. The molecule has 0 saturated heterocycles. The molecule has 0 saturated carbocycles. The van der Waals surface area contributed by atoms with E-state index in [1.54, 1.807) is 0 Å². The highest BCUT2D eigenvalue weighted by atomic mass is 16.3. The zero-order valence-electron chi connectivity index (χ0n) is 11.5. The molecular weight excluding hydrogens is 210 g/mol. The van der Waals surface area contributed by atoms with Crippen LogP contribution in [0.2, 0.25) is 0 Å². The van der Waals surface area contributed by atoms with Crippen molar-refractivity contribution in [3.8, 4) is 0 Å². The number of likely N-dealkylation sites (N-methyl/N-ethyl adjacent to an activating group) is 1. The van der Waals surface area contributed by atoms with Crippen LogP contribution in [0.25, 0.3) is 0 Å². The summed E-state index contributed by atoms with van der Waals surface area (Å²) in [7, 11) is 0. The molecule has 0 aliphatic carbocycles. The van der Waals surface area contributed by atoms with E-state index in [2.05, 4.69) is 43.0 Å². The Labute approximate surface area is 105 Å². The highest BCUT2D eigenvalue weighted by Gasteiger charge is 2.16. The summed E-state index contributed by atoms with van der Waals surface area (Å²) in [5, 5.41) is 9.81. The highest BCUT2D eigenvalue weighted by Crippen LogP contribution is 2.08. The summed E-state index contributed by atoms with van der Waals surface area (Å²) in [5.74, 6) is 0. The number of benzene rings is 1. The molecule has 17 heavy (non-hydrogen) atoms. The van der Waals surface area contributed by atoms with Crippen LogP contribution in [0.5, 0.6) is 0 Å². The normalized spacial score (nSPS) is 12.1. The van der Waals surface area contributed by atoms with Gasteiger partial charge in [-0.25, -0.2) is 0 Å². The first-order chi connectivity index (χ1) is 7.90. The van der Waals surface area contributed by atoms with Crippen LogP contribution >= 0.6 is 0 Å². The Morgan fingerprint density at radius 1 is 1.18 bits per heavy atom. The lowest BCUT2D eigenvalue weighted by atomic mass is 10.1. The second-order valence-electron chi connectivity index (χ2n) is 5.42. The Balaban J connectivity index is 2.45. The predicted molar refractivity (Wildman–Crippen MR) is 73.3 cm³/mol. The summed E-state index contributed by atoms with van der Waals surface area (Å²) >= 11 is 0. The number of aryl methyl sites for hydroxylation is 1. The maximum Gasteiger partial charge on any atom is 0.0718 e. The minimum atomic E-state index is -0.608. The van der Waals surface area contributed by atoms with Crippen molar-refractivity contribution in [1.82, 2.24) is 4.90 Å². The third-order valence-electron chi connectivity index (χ3n) is 2.90. The van der Waals surface area contributed by atoms with Gasteiger partial charge >= 0.3 is 0 Å². The van der Waals surface area contributed by atoms with E-state index in [1.807, 2.05) is 13.8 Å². The van der Waals surface area contributed by atoms with E-state index in [9.17, 15) is 5.11 Å². The largest absolute Gasteiger partial charge is 0.389 e. The molecule has 2 heteroatoms. The van der Waals surface area contributed by atoms with Crippen LogP contribution in [0, 0.1) is 6.92 Å². The Hall–Kier alpha value is -0.860. The molecule has 0 aliphatic rings. The van der Waals surface area contributed by atoms with Crippen molar-refractivity contribution in [2.24, 2.45) is 0 Å². The van der Waals surface area contributed by atoms with Gasteiger partial charge < -0.3 is 10.0 Å². The van der Waals surface area contributed by atoms with Gasteiger partial charge in [0.25, 0.3) is 0 Å². The summed E-state index contributed by atoms with van der Waals surface area (Å²) in [6, 6.07) is 8.68. The maximum absolute atomic E-state index is 9.81. The molecular formula is C15H25NO. The van der Waals surface area contributed by atoms with Gasteiger partial charge in [0.15, 0.2) is 0 Å². The number of nitrogens with zero attached hydrogens (tertiary/aromatic N) is 1. The van der Waals surface area contributed by atoms with Crippen LogP contribution in [0.4, 0.5) is 0 Å². The fourth-order valence-electron chi connectivity index (χ4n) is 1.94. The molecule has 0 amide bonds. The topological polar surface area (TPSA) is 23.5 Å². The monoisotopic (exact) mass is 235 g/mol. The van der Waals surface area contributed by atoms with Crippen LogP contribution in [0.3, 0.4) is 0 Å². The quantitative estimate of drug-likeness (QED) is 0.819. The molecule has 0 fully saturated rings. The fraction of sp³-hybridized carbons (Fsp3) is 0.600. The molecule has 96 valence electrons. The molecule has 0 atom stereocenters. The van der Waals surface area contributed by atoms with Crippen molar-refractivity contribution in [1.29, 1.82) is 0 Å². The molecule has 0 spiro atoms. The van der Waals surface area contributed by atoms with E-state index in [0.717, 1.165) is 26.1 Å². The van der Waals surface area contributed by atoms with Gasteiger partial charge in [-0.05, 0) is 39.3 Å². The van der Waals surface area contributed by atoms with E-state index in [-0.39, 0.29) is 0 Å². The van der Waals surface area contributed by atoms with E-state index in [1.165, 1.54) is 11.1 Å². The van der Waals surface area contributed by atoms with Gasteiger partial charge in [0.1, 0.15) is 0 Å². The van der Waals surface area contributed by atoms with Crippen molar-refractivity contribution < 1.29 is 5.11 Å². The molecule has 1 N–H and O–H groups in total. The average Bonchev–Trinajstić information content (AvgIpc) is 2.25. The van der Waals surface area contributed by atoms with Gasteiger partial charge in [-0.15, -0.1) is 0 Å². The SMILES string of the molecule is CCN(CCc1ccc(C)cc1)CC(C)(C)O. The van der Waals surface area contributed by atoms with Crippen molar-refractivity contribution in [3.63, 3.8) is 0 Å². The van der Waals surface area contributed by atoms with E-state index >= 15 is 0 Å². The zero-order valence-corrected chi connectivity index (χ0v) is 11.5. The van der Waals surface area contributed by atoms with Gasteiger partial charge in [0.2, 0.25) is 0 Å². The number of hydrogen-bond acceptors (Lipinski definition) is 2. The second kappa shape index (κ2) is 6.18. The van der Waals surface area contributed by atoms with Crippen LogP contribution in [0.15, 0.2) is 24.3 Å². The van der Waals surface area contributed by atoms with Crippen LogP contribution in [0.1, 0.15) is 31.9 Å². The van der Waals surface area contributed by atoms with E-state index in [0.29, 0.717) is 0 Å². The zero-order chi connectivity index (χ0) is 12.9. The van der Waals surface area contributed by atoms with Crippen LogP contribution in [-0.4, -0.2) is 35.2 Å². The summed E-state index contributed by atoms with van der Waals surface area (Å²) in [5.41, 5.74) is 2.06. The van der Waals surface area contributed by atoms with Crippen LogP contribution < -0.4 is 0 Å². The lowest BCUT2D eigenvalue weighted by Gasteiger charge is -2.27. The summed E-state index contributed by atoms with van der Waals surface area (Å²) < 4.78 is 0. The lowest BCUT2D eigenvalue weighted by Crippen LogP contribution is -2.39. The molecule has 1 rings (SSSR count). The van der Waals surface area contributed by atoms with Gasteiger partial charge in [0, 0.05) is 13.1 Å². The minimum absolute atomic E-state index is 0.608. The van der Waals surface area contributed by atoms with Gasteiger partial charge in [0.05, 0.1) is 5.60 Å². The standard InChI is InChI=1S/C15H25NO/c1-5-16(12-15(3,4)17)11-10-14-8-6-13(2)7-9-14/h6-9,17H,5,10-12H2,1-4H3. The highest BCUT2D eigenvalue weighted by molar-refractivity contribution is 5.21. The second-order valence-corrected chi connectivity index (χ2v) is 5.42. The van der Waals surface area contributed by atoms with E-state index in [4.69, 9.17) is 0 Å². The Morgan fingerprint density at radius 2 is 1.76 bits per heavy atom. The van der Waals surface area contributed by atoms with Crippen molar-refractivity contribution in [3.05, 3.63) is 35.4 Å². The molecule has 0 aromatic heterocycles. The van der Waals surface area contributed by atoms with E-state index < -0.39 is 5.60 Å². The average molecular weight is 235 g/mol. The minimum Gasteiger partial charge on any atom is -0.389 e. The number of hydrogen-bond donors (Lipinski definition) is 1.